The molecule has 0 unspecified atom stereocenters. The van der Waals surface area contributed by atoms with Crippen LogP contribution in [-0.4, -0.2) is 41.2 Å². The molecule has 4 rings (SSSR count). The Morgan fingerprint density at radius 3 is 2.50 bits per heavy atom. The number of benzene rings is 2. The average molecular weight is 521 g/mol. The van der Waals surface area contributed by atoms with Crippen molar-refractivity contribution in [2.45, 2.75) is 51.2 Å². The van der Waals surface area contributed by atoms with E-state index in [0.717, 1.165) is 18.4 Å². The van der Waals surface area contributed by atoms with E-state index in [4.69, 9.17) is 9.47 Å². The molecule has 38 heavy (non-hydrogen) atoms. The number of carbonyl (C=O) groups excluding carboxylic acids is 2. The zero-order valence-electron chi connectivity index (χ0n) is 21.6. The minimum Gasteiger partial charge on any atom is -0.503 e. The first-order chi connectivity index (χ1) is 18.4. The van der Waals surface area contributed by atoms with Gasteiger partial charge in [0.15, 0.2) is 17.2 Å². The number of methoxy groups -OCH3 is 1. The Labute approximate surface area is 222 Å². The number of ether oxygens (including phenoxy) is 2. The first-order valence-electron chi connectivity index (χ1n) is 12.9. The number of nitrogens with one attached hydrogen (secondary N) is 1. The van der Waals surface area contributed by atoms with Crippen molar-refractivity contribution in [1.29, 1.82) is 0 Å². The van der Waals surface area contributed by atoms with Crippen LogP contribution < -0.4 is 10.1 Å². The Balaban J connectivity index is 1.55. The van der Waals surface area contributed by atoms with Gasteiger partial charge in [0, 0.05) is 18.2 Å². The minimum atomic E-state index is -0.890. The van der Waals surface area contributed by atoms with E-state index in [0.29, 0.717) is 19.3 Å². The van der Waals surface area contributed by atoms with Gasteiger partial charge < -0.3 is 19.9 Å². The number of pyridine rings is 1. The Hall–Kier alpha value is -3.94. The summed E-state index contributed by atoms with van der Waals surface area (Å²) in [7, 11) is 1.38. The molecule has 0 saturated carbocycles. The molecule has 1 aliphatic heterocycles. The van der Waals surface area contributed by atoms with Gasteiger partial charge in [-0.1, -0.05) is 48.9 Å². The fourth-order valence-corrected chi connectivity index (χ4v) is 5.17. The molecule has 2 heterocycles. The van der Waals surface area contributed by atoms with Crippen molar-refractivity contribution in [2.75, 3.05) is 7.11 Å². The number of amides is 1. The van der Waals surface area contributed by atoms with Crippen molar-refractivity contribution in [2.24, 2.45) is 11.8 Å². The molecule has 1 fully saturated rings. The molecule has 2 aromatic carbocycles. The number of halogens is 1. The van der Waals surface area contributed by atoms with Crippen LogP contribution in [0.4, 0.5) is 4.39 Å². The van der Waals surface area contributed by atoms with Gasteiger partial charge in [0.25, 0.3) is 5.91 Å². The quantitative estimate of drug-likeness (QED) is 0.432. The lowest BCUT2D eigenvalue weighted by Crippen LogP contribution is -2.43. The monoisotopic (exact) mass is 520 g/mol. The molecule has 2 N–H and O–H groups in total. The summed E-state index contributed by atoms with van der Waals surface area (Å²) >= 11 is 0. The maximum absolute atomic E-state index is 13.5. The van der Waals surface area contributed by atoms with Crippen molar-refractivity contribution >= 4 is 11.9 Å². The second-order valence-corrected chi connectivity index (χ2v) is 9.75. The van der Waals surface area contributed by atoms with Gasteiger partial charge in [0.2, 0.25) is 0 Å². The fraction of sp³-hybridized carbons (Fsp3) is 0.367. The maximum atomic E-state index is 13.5. The van der Waals surface area contributed by atoms with E-state index in [1.54, 1.807) is 12.1 Å². The summed E-state index contributed by atoms with van der Waals surface area (Å²) < 4.78 is 24.5. The molecule has 200 valence electrons. The molecule has 4 atom stereocenters. The van der Waals surface area contributed by atoms with Crippen LogP contribution in [0.3, 0.4) is 0 Å². The molecular formula is C30H33FN2O5. The van der Waals surface area contributed by atoms with E-state index in [1.165, 1.54) is 37.1 Å². The highest BCUT2D eigenvalue weighted by Crippen LogP contribution is 2.33. The van der Waals surface area contributed by atoms with E-state index in [9.17, 15) is 19.1 Å². The Morgan fingerprint density at radius 1 is 1.08 bits per heavy atom. The third-order valence-electron chi connectivity index (χ3n) is 7.22. The van der Waals surface area contributed by atoms with Crippen LogP contribution in [0.2, 0.25) is 0 Å². The number of hydrogen-bond donors (Lipinski definition) is 2. The van der Waals surface area contributed by atoms with Crippen LogP contribution in [0.5, 0.6) is 11.5 Å². The molecule has 1 saturated heterocycles. The Bertz CT molecular complexity index is 1240. The van der Waals surface area contributed by atoms with Gasteiger partial charge in [-0.25, -0.2) is 14.2 Å². The van der Waals surface area contributed by atoms with Gasteiger partial charge in [-0.2, -0.15) is 0 Å². The van der Waals surface area contributed by atoms with E-state index < -0.39 is 24.0 Å². The molecule has 1 amide bonds. The summed E-state index contributed by atoms with van der Waals surface area (Å²) in [4.78, 5) is 30.1. The predicted octanol–water partition coefficient (Wildman–Crippen LogP) is 4.87. The number of rotatable bonds is 7. The Morgan fingerprint density at radius 2 is 1.79 bits per heavy atom. The van der Waals surface area contributed by atoms with Gasteiger partial charge in [-0.15, -0.1) is 0 Å². The highest BCUT2D eigenvalue weighted by Gasteiger charge is 2.35. The first kappa shape index (κ1) is 27.1. The van der Waals surface area contributed by atoms with Crippen molar-refractivity contribution in [3.63, 3.8) is 0 Å². The maximum Gasteiger partial charge on any atom is 0.328 e. The average Bonchev–Trinajstić information content (AvgIpc) is 2.96. The van der Waals surface area contributed by atoms with Gasteiger partial charge >= 0.3 is 5.97 Å². The highest BCUT2D eigenvalue weighted by molar-refractivity contribution is 5.97. The lowest BCUT2D eigenvalue weighted by Gasteiger charge is -2.31. The van der Waals surface area contributed by atoms with E-state index >= 15 is 0 Å². The van der Waals surface area contributed by atoms with Crippen LogP contribution in [0.1, 0.15) is 47.8 Å². The number of esters is 1. The summed E-state index contributed by atoms with van der Waals surface area (Å²) in [5, 5.41) is 13.0. The van der Waals surface area contributed by atoms with E-state index in [1.807, 2.05) is 25.1 Å². The van der Waals surface area contributed by atoms with Crippen molar-refractivity contribution < 1.29 is 28.6 Å². The molecule has 0 spiro atoms. The molecule has 7 nitrogen and oxygen atoms in total. The zero-order chi connectivity index (χ0) is 27.1. The number of cyclic esters (lactones) is 1. The second-order valence-electron chi connectivity index (χ2n) is 9.75. The summed E-state index contributed by atoms with van der Waals surface area (Å²) in [6.45, 7) is 1.88. The highest BCUT2D eigenvalue weighted by atomic mass is 19.1. The molecule has 8 heteroatoms. The number of hydrogen-bond acceptors (Lipinski definition) is 6. The van der Waals surface area contributed by atoms with Crippen molar-refractivity contribution in [3.05, 3.63) is 89.5 Å². The van der Waals surface area contributed by atoms with Crippen LogP contribution in [0.15, 0.2) is 66.9 Å². The van der Waals surface area contributed by atoms with E-state index in [-0.39, 0.29) is 34.8 Å². The largest absolute Gasteiger partial charge is 0.503 e. The van der Waals surface area contributed by atoms with Crippen LogP contribution in [0, 0.1) is 17.7 Å². The first-order valence-corrected chi connectivity index (χ1v) is 12.9. The number of carbonyl (C=O) groups is 2. The van der Waals surface area contributed by atoms with Gasteiger partial charge in [-0.05, 0) is 61.8 Å². The van der Waals surface area contributed by atoms with E-state index in [2.05, 4.69) is 22.4 Å². The number of aromatic nitrogens is 1. The predicted molar refractivity (Wildman–Crippen MR) is 140 cm³/mol. The van der Waals surface area contributed by atoms with Crippen LogP contribution >= 0.6 is 0 Å². The topological polar surface area (TPSA) is 97.8 Å². The lowest BCUT2D eigenvalue weighted by atomic mass is 9.77. The third-order valence-corrected chi connectivity index (χ3v) is 7.22. The SMILES string of the molecule is COc1ccnc(C(=O)N[C@H]2CCC[C@H](Cc3ccccc3)[C@@H](Cc3ccc(F)cc3)[C@H](C)OC2=O)c1O. The third kappa shape index (κ3) is 6.68. The molecule has 0 radical (unpaired) electrons. The smallest absolute Gasteiger partial charge is 0.328 e. The van der Waals surface area contributed by atoms with Gasteiger partial charge in [0.1, 0.15) is 18.0 Å². The Kier molecular flexibility index (Phi) is 8.94. The standard InChI is InChI=1S/C30H33FN2O5/c1-19-24(18-21-11-13-23(31)14-12-21)22(17-20-7-4-3-5-8-20)9-6-10-25(30(36)38-19)33-29(35)27-28(34)26(37-2)15-16-32-27/h3-5,7-8,11-16,19,22,24-25,34H,6,9-10,17-18H2,1-2H3,(H,33,35)/t19-,22+,24-,25-/m0/s1. The van der Waals surface area contributed by atoms with Crippen molar-refractivity contribution in [3.8, 4) is 11.5 Å². The fourth-order valence-electron chi connectivity index (χ4n) is 5.17. The number of nitrogens with zero attached hydrogens (tertiary/aromatic N) is 1. The number of aromatic hydroxyl groups is 1. The van der Waals surface area contributed by atoms with Gasteiger partial charge in [0.05, 0.1) is 7.11 Å². The minimum absolute atomic E-state index is 0.0110. The molecule has 3 aromatic rings. The molecule has 1 aliphatic rings. The van der Waals surface area contributed by atoms with Crippen LogP contribution in [0.25, 0.3) is 0 Å². The van der Waals surface area contributed by atoms with Crippen LogP contribution in [-0.2, 0) is 22.4 Å². The van der Waals surface area contributed by atoms with Gasteiger partial charge in [-0.3, -0.25) is 4.79 Å². The summed E-state index contributed by atoms with van der Waals surface area (Å²) in [5.74, 6) is -1.59. The normalized spacial score (nSPS) is 21.9. The molecule has 0 aliphatic carbocycles. The molecule has 0 bridgehead atoms. The summed E-state index contributed by atoms with van der Waals surface area (Å²) in [6, 6.07) is 17.2. The summed E-state index contributed by atoms with van der Waals surface area (Å²) in [5.41, 5.74) is 1.95. The zero-order valence-corrected chi connectivity index (χ0v) is 21.6. The second kappa shape index (κ2) is 12.5. The molecule has 1 aromatic heterocycles. The summed E-state index contributed by atoms with van der Waals surface area (Å²) in [6.07, 6.45) is 4.24. The lowest BCUT2D eigenvalue weighted by molar-refractivity contribution is -0.153. The molecular weight excluding hydrogens is 487 g/mol. The van der Waals surface area contributed by atoms with Crippen molar-refractivity contribution in [1.82, 2.24) is 10.3 Å².